The number of methoxy groups -OCH3 is 1. The fourth-order valence-corrected chi connectivity index (χ4v) is 2.07. The predicted octanol–water partition coefficient (Wildman–Crippen LogP) is 3.55. The molecular weight excluding hydrogens is 332 g/mol. The van der Waals surface area contributed by atoms with Gasteiger partial charge in [-0.1, -0.05) is 42.0 Å². The number of ketones is 1. The van der Waals surface area contributed by atoms with Gasteiger partial charge in [0.05, 0.1) is 7.11 Å². The van der Waals surface area contributed by atoms with Crippen LogP contribution >= 0.6 is 0 Å². The second kappa shape index (κ2) is 9.22. The number of phenolic OH excluding ortho intramolecular Hbond substituents is 1. The maximum Gasteiger partial charge on any atom is 0.331 e. The lowest BCUT2D eigenvalue weighted by Gasteiger charge is -2.03. The van der Waals surface area contributed by atoms with Crippen LogP contribution in [0.2, 0.25) is 0 Å². The van der Waals surface area contributed by atoms with Crippen molar-refractivity contribution in [1.29, 1.82) is 0 Å². The fourth-order valence-electron chi connectivity index (χ4n) is 2.07. The summed E-state index contributed by atoms with van der Waals surface area (Å²) in [6.45, 7) is 1.64. The zero-order valence-corrected chi connectivity index (χ0v) is 14.6. The lowest BCUT2D eigenvalue weighted by Crippen LogP contribution is -2.09. The summed E-state index contributed by atoms with van der Waals surface area (Å²) in [4.78, 5) is 23.4. The Bertz CT molecular complexity index is 832. The van der Waals surface area contributed by atoms with Gasteiger partial charge in [0.25, 0.3) is 0 Å². The number of ether oxygens (including phenoxy) is 2. The third-order valence-corrected chi connectivity index (χ3v) is 3.51. The first-order chi connectivity index (χ1) is 12.5. The smallest absolute Gasteiger partial charge is 0.331 e. The Morgan fingerprint density at radius 1 is 1.00 bits per heavy atom. The maximum absolute atomic E-state index is 11.8. The summed E-state index contributed by atoms with van der Waals surface area (Å²) in [5, 5.41) is 9.52. The van der Waals surface area contributed by atoms with E-state index in [4.69, 9.17) is 9.47 Å². The SMILES string of the molecule is COc1cc(/C=C/C(=O)COC(=O)/C=C/c2ccc(C)cc2)ccc1O. The summed E-state index contributed by atoms with van der Waals surface area (Å²) < 4.78 is 9.91. The maximum atomic E-state index is 11.8. The van der Waals surface area contributed by atoms with E-state index in [0.29, 0.717) is 11.3 Å². The van der Waals surface area contributed by atoms with Crippen molar-refractivity contribution in [1.82, 2.24) is 0 Å². The molecule has 26 heavy (non-hydrogen) atoms. The molecule has 134 valence electrons. The summed E-state index contributed by atoms with van der Waals surface area (Å²) in [7, 11) is 1.44. The standard InChI is InChI=1S/C21H20O5/c1-15-3-5-16(6-4-15)9-12-21(24)26-14-18(22)10-7-17-8-11-19(23)20(13-17)25-2/h3-13,23H,14H2,1-2H3/b10-7+,12-9+. The van der Waals surface area contributed by atoms with Crippen LogP contribution in [0.5, 0.6) is 11.5 Å². The molecule has 0 aliphatic heterocycles. The molecule has 0 aliphatic carbocycles. The average Bonchev–Trinajstić information content (AvgIpc) is 2.65. The van der Waals surface area contributed by atoms with E-state index in [1.54, 1.807) is 24.3 Å². The second-order valence-electron chi connectivity index (χ2n) is 5.58. The van der Waals surface area contributed by atoms with Gasteiger partial charge in [-0.2, -0.15) is 0 Å². The number of carbonyl (C=O) groups excluding carboxylic acids is 2. The molecule has 2 rings (SSSR count). The van der Waals surface area contributed by atoms with Crippen molar-refractivity contribution < 1.29 is 24.2 Å². The van der Waals surface area contributed by atoms with E-state index in [1.807, 2.05) is 31.2 Å². The number of carbonyl (C=O) groups is 2. The molecule has 0 bridgehead atoms. The van der Waals surface area contributed by atoms with Crippen molar-refractivity contribution in [3.05, 3.63) is 71.3 Å². The average molecular weight is 352 g/mol. The molecule has 0 unspecified atom stereocenters. The number of hydrogen-bond acceptors (Lipinski definition) is 5. The van der Waals surface area contributed by atoms with Crippen LogP contribution in [-0.2, 0) is 14.3 Å². The van der Waals surface area contributed by atoms with E-state index < -0.39 is 5.97 Å². The highest BCUT2D eigenvalue weighted by Crippen LogP contribution is 2.26. The molecule has 2 aromatic rings. The van der Waals surface area contributed by atoms with Gasteiger partial charge in [-0.05, 0) is 42.3 Å². The molecule has 0 saturated heterocycles. The highest BCUT2D eigenvalue weighted by atomic mass is 16.5. The monoisotopic (exact) mass is 352 g/mol. The minimum absolute atomic E-state index is 0.0188. The van der Waals surface area contributed by atoms with Crippen LogP contribution < -0.4 is 4.74 Å². The van der Waals surface area contributed by atoms with E-state index in [0.717, 1.165) is 11.1 Å². The van der Waals surface area contributed by atoms with Crippen molar-refractivity contribution in [3.63, 3.8) is 0 Å². The number of aryl methyl sites for hydroxylation is 1. The van der Waals surface area contributed by atoms with Gasteiger partial charge in [-0.15, -0.1) is 0 Å². The summed E-state index contributed by atoms with van der Waals surface area (Å²) in [6.07, 6.45) is 5.78. The highest BCUT2D eigenvalue weighted by molar-refractivity contribution is 5.96. The van der Waals surface area contributed by atoms with E-state index in [2.05, 4.69) is 0 Å². The van der Waals surface area contributed by atoms with E-state index in [-0.39, 0.29) is 18.1 Å². The summed E-state index contributed by atoms with van der Waals surface area (Å²) in [5.74, 6) is -0.606. The highest BCUT2D eigenvalue weighted by Gasteiger charge is 2.04. The number of esters is 1. The Kier molecular flexibility index (Phi) is 6.74. The van der Waals surface area contributed by atoms with Crippen molar-refractivity contribution in [2.75, 3.05) is 13.7 Å². The molecule has 0 atom stereocenters. The Morgan fingerprint density at radius 3 is 2.35 bits per heavy atom. The molecule has 0 saturated carbocycles. The van der Waals surface area contributed by atoms with Gasteiger partial charge >= 0.3 is 5.97 Å². The second-order valence-corrected chi connectivity index (χ2v) is 5.58. The van der Waals surface area contributed by atoms with Crippen LogP contribution in [0, 0.1) is 6.92 Å². The zero-order valence-electron chi connectivity index (χ0n) is 14.6. The van der Waals surface area contributed by atoms with Crippen molar-refractivity contribution in [2.45, 2.75) is 6.92 Å². The molecule has 1 N–H and O–H groups in total. The first-order valence-electron chi connectivity index (χ1n) is 7.97. The first-order valence-corrected chi connectivity index (χ1v) is 7.97. The number of rotatable bonds is 7. The van der Waals surface area contributed by atoms with Gasteiger partial charge in [0.15, 0.2) is 23.9 Å². The van der Waals surface area contributed by atoms with Crippen molar-refractivity contribution in [3.8, 4) is 11.5 Å². The van der Waals surface area contributed by atoms with Crippen molar-refractivity contribution in [2.24, 2.45) is 0 Å². The molecule has 0 amide bonds. The van der Waals surface area contributed by atoms with Gasteiger partial charge in [0.2, 0.25) is 0 Å². The van der Waals surface area contributed by atoms with Gasteiger partial charge in [-0.25, -0.2) is 4.79 Å². The third-order valence-electron chi connectivity index (χ3n) is 3.51. The molecule has 5 nitrogen and oxygen atoms in total. The minimum Gasteiger partial charge on any atom is -0.504 e. The predicted molar refractivity (Wildman–Crippen MR) is 99.9 cm³/mol. The largest absolute Gasteiger partial charge is 0.504 e. The van der Waals surface area contributed by atoms with E-state index in [9.17, 15) is 14.7 Å². The van der Waals surface area contributed by atoms with Crippen molar-refractivity contribution >= 4 is 23.9 Å². The number of hydrogen-bond donors (Lipinski definition) is 1. The molecular formula is C21H20O5. The van der Waals surface area contributed by atoms with Gasteiger partial charge < -0.3 is 14.6 Å². The lowest BCUT2D eigenvalue weighted by atomic mass is 10.1. The lowest BCUT2D eigenvalue weighted by molar-refractivity contribution is -0.141. The number of phenols is 1. The first kappa shape index (κ1) is 19.0. The molecule has 0 spiro atoms. The molecule has 5 heteroatoms. The Morgan fingerprint density at radius 2 is 1.65 bits per heavy atom. The van der Waals surface area contributed by atoms with Crippen LogP contribution in [0.4, 0.5) is 0 Å². The molecule has 0 radical (unpaired) electrons. The molecule has 0 aromatic heterocycles. The van der Waals surface area contributed by atoms with E-state index >= 15 is 0 Å². The summed E-state index contributed by atoms with van der Waals surface area (Å²) in [6, 6.07) is 12.4. The summed E-state index contributed by atoms with van der Waals surface area (Å²) >= 11 is 0. The zero-order chi connectivity index (χ0) is 18.9. The summed E-state index contributed by atoms with van der Waals surface area (Å²) in [5.41, 5.74) is 2.69. The number of benzene rings is 2. The third kappa shape index (κ3) is 5.94. The van der Waals surface area contributed by atoms with E-state index in [1.165, 1.54) is 25.3 Å². The fraction of sp³-hybridized carbons (Fsp3) is 0.143. The Hall–Kier alpha value is -3.34. The minimum atomic E-state index is -0.585. The molecule has 0 heterocycles. The van der Waals surface area contributed by atoms with Gasteiger partial charge in [0, 0.05) is 6.08 Å². The molecule has 2 aromatic carbocycles. The molecule has 0 aliphatic rings. The topological polar surface area (TPSA) is 72.8 Å². The van der Waals surface area contributed by atoms with Crippen LogP contribution in [0.15, 0.2) is 54.6 Å². The Balaban J connectivity index is 1.84. The molecule has 0 fully saturated rings. The number of aromatic hydroxyl groups is 1. The van der Waals surface area contributed by atoms with Gasteiger partial charge in [-0.3, -0.25) is 4.79 Å². The normalized spacial score (nSPS) is 11.0. The Labute approximate surface area is 152 Å². The quantitative estimate of drug-likeness (QED) is 0.609. The van der Waals surface area contributed by atoms with Crippen LogP contribution in [0.25, 0.3) is 12.2 Å². The van der Waals surface area contributed by atoms with Crippen LogP contribution in [0.3, 0.4) is 0 Å². The van der Waals surface area contributed by atoms with Crippen LogP contribution in [-0.4, -0.2) is 30.6 Å². The van der Waals surface area contributed by atoms with Gasteiger partial charge in [0.1, 0.15) is 0 Å². The van der Waals surface area contributed by atoms with Crippen LogP contribution in [0.1, 0.15) is 16.7 Å².